The summed E-state index contributed by atoms with van der Waals surface area (Å²) in [6.07, 6.45) is 6.70. The summed E-state index contributed by atoms with van der Waals surface area (Å²) in [5.74, 6) is 0.908. The molecule has 3 aromatic heterocycles. The predicted octanol–water partition coefficient (Wildman–Crippen LogP) is 3.03. The maximum absolute atomic E-state index is 13.3. The summed E-state index contributed by atoms with van der Waals surface area (Å²) in [6, 6.07) is 13.7. The fourth-order valence-electron chi connectivity index (χ4n) is 5.06. The first kappa shape index (κ1) is 24.3. The van der Waals surface area contributed by atoms with E-state index in [0.29, 0.717) is 47.9 Å². The molecule has 10 heteroatoms. The summed E-state index contributed by atoms with van der Waals surface area (Å²) < 4.78 is 3.33. The van der Waals surface area contributed by atoms with Crippen molar-refractivity contribution in [2.45, 2.75) is 31.9 Å². The highest BCUT2D eigenvalue weighted by Crippen LogP contribution is 2.27. The first-order valence-electron chi connectivity index (χ1n) is 13.0. The van der Waals surface area contributed by atoms with Crippen LogP contribution in [-0.4, -0.2) is 67.5 Å². The van der Waals surface area contributed by atoms with Crippen molar-refractivity contribution in [2.75, 3.05) is 43.4 Å². The fraction of sp³-hybridized carbons (Fsp3) is 0.357. The highest BCUT2D eigenvalue weighted by Gasteiger charge is 2.26. The van der Waals surface area contributed by atoms with Gasteiger partial charge in [-0.15, -0.1) is 0 Å². The molecule has 38 heavy (non-hydrogen) atoms. The second kappa shape index (κ2) is 9.70. The molecule has 1 atom stereocenters. The Morgan fingerprint density at radius 1 is 1.00 bits per heavy atom. The summed E-state index contributed by atoms with van der Waals surface area (Å²) in [5.41, 5.74) is 1.79. The van der Waals surface area contributed by atoms with Gasteiger partial charge >= 0.3 is 0 Å². The molecule has 0 aliphatic carbocycles. The smallest absolute Gasteiger partial charge is 0.278 e. The van der Waals surface area contributed by atoms with Crippen LogP contribution in [0.25, 0.3) is 16.9 Å². The summed E-state index contributed by atoms with van der Waals surface area (Å²) >= 11 is 0. The molecule has 0 spiro atoms. The third-order valence-electron chi connectivity index (χ3n) is 7.41. The minimum Gasteiger partial charge on any atom is -0.384 e. The zero-order valence-electron chi connectivity index (χ0n) is 21.7. The van der Waals surface area contributed by atoms with E-state index in [1.165, 1.54) is 5.69 Å². The van der Waals surface area contributed by atoms with E-state index in [9.17, 15) is 9.90 Å². The zero-order chi connectivity index (χ0) is 26.3. The molecule has 0 saturated carbocycles. The first-order chi connectivity index (χ1) is 18.4. The van der Waals surface area contributed by atoms with Crippen LogP contribution in [0.3, 0.4) is 0 Å². The third kappa shape index (κ3) is 4.57. The largest absolute Gasteiger partial charge is 0.384 e. The molecular formula is C28H32N8O2. The van der Waals surface area contributed by atoms with E-state index in [2.05, 4.69) is 39.3 Å². The first-order valence-corrected chi connectivity index (χ1v) is 13.0. The van der Waals surface area contributed by atoms with E-state index in [1.54, 1.807) is 22.5 Å². The van der Waals surface area contributed by atoms with E-state index in [-0.39, 0.29) is 5.56 Å². The van der Waals surface area contributed by atoms with Crippen LogP contribution in [0.4, 0.5) is 17.3 Å². The van der Waals surface area contributed by atoms with Gasteiger partial charge in [0.05, 0.1) is 12.2 Å². The Hall–Kier alpha value is -4.02. The zero-order valence-corrected chi connectivity index (χ0v) is 21.7. The topological polar surface area (TPSA) is 104 Å². The molecule has 2 N–H and O–H groups in total. The Labute approximate surface area is 220 Å². The number of aromatic nitrogens is 5. The molecular weight excluding hydrogens is 480 g/mol. The number of aliphatic hydroxyl groups is 1. The van der Waals surface area contributed by atoms with Gasteiger partial charge in [-0.3, -0.25) is 4.79 Å². The number of piperazine rings is 1. The number of fused-ring (bicyclic) bond motifs is 6. The van der Waals surface area contributed by atoms with E-state index >= 15 is 0 Å². The highest BCUT2D eigenvalue weighted by atomic mass is 16.3. The van der Waals surface area contributed by atoms with Crippen LogP contribution in [0.15, 0.2) is 65.6 Å². The Balaban J connectivity index is 1.36. The fourth-order valence-corrected chi connectivity index (χ4v) is 5.06. The highest BCUT2D eigenvalue weighted by molar-refractivity contribution is 5.77. The van der Waals surface area contributed by atoms with Crippen LogP contribution in [0, 0.1) is 0 Å². The van der Waals surface area contributed by atoms with Crippen molar-refractivity contribution in [1.82, 2.24) is 29.2 Å². The molecule has 196 valence electrons. The van der Waals surface area contributed by atoms with Gasteiger partial charge in [-0.05, 0) is 63.2 Å². The van der Waals surface area contributed by atoms with Crippen molar-refractivity contribution in [3.63, 3.8) is 0 Å². The average molecular weight is 513 g/mol. The van der Waals surface area contributed by atoms with Gasteiger partial charge in [0.25, 0.3) is 5.56 Å². The Bertz CT molecular complexity index is 1550. The molecule has 0 amide bonds. The molecule has 2 bridgehead atoms. The second-order valence-corrected chi connectivity index (χ2v) is 10.3. The van der Waals surface area contributed by atoms with Crippen molar-refractivity contribution in [1.29, 1.82) is 0 Å². The lowest BCUT2D eigenvalue weighted by Crippen LogP contribution is -2.44. The minimum atomic E-state index is -1.09. The van der Waals surface area contributed by atoms with Gasteiger partial charge in [-0.2, -0.15) is 4.98 Å². The van der Waals surface area contributed by atoms with E-state index in [4.69, 9.17) is 9.97 Å². The molecule has 0 radical (unpaired) electrons. The van der Waals surface area contributed by atoms with Crippen LogP contribution in [0.5, 0.6) is 0 Å². The molecule has 0 unspecified atom stereocenters. The normalized spacial score (nSPS) is 21.1. The van der Waals surface area contributed by atoms with Gasteiger partial charge in [0.1, 0.15) is 11.0 Å². The monoisotopic (exact) mass is 512 g/mol. The summed E-state index contributed by atoms with van der Waals surface area (Å²) in [6.45, 7) is 6.26. The van der Waals surface area contributed by atoms with Crippen LogP contribution >= 0.6 is 0 Å². The number of hydrogen-bond acceptors (Lipinski definition) is 8. The third-order valence-corrected chi connectivity index (χ3v) is 7.41. The molecule has 1 fully saturated rings. The maximum atomic E-state index is 13.3. The lowest BCUT2D eigenvalue weighted by atomic mass is 9.95. The molecule has 6 rings (SSSR count). The number of likely N-dealkylation sites (N-methyl/N-ethyl adjacent to an activating group) is 1. The maximum Gasteiger partial charge on any atom is 0.278 e. The van der Waals surface area contributed by atoms with Gasteiger partial charge in [0.15, 0.2) is 11.5 Å². The predicted molar refractivity (Wildman–Crippen MR) is 148 cm³/mol. The van der Waals surface area contributed by atoms with Gasteiger partial charge in [-0.1, -0.05) is 18.2 Å². The Kier molecular flexibility index (Phi) is 6.21. The number of nitrogens with zero attached hydrogens (tertiary/aromatic N) is 7. The summed E-state index contributed by atoms with van der Waals surface area (Å²) in [5, 5.41) is 14.7. The SMILES string of the molecule is CN1CCN(c2ccc(Nc3ncc4c(=O)n5n(c4n3)-c3cccc(n3)[C@@](C)(O)CC/C=C\C5)cc2)CC1. The van der Waals surface area contributed by atoms with Crippen LogP contribution < -0.4 is 15.8 Å². The van der Waals surface area contributed by atoms with Crippen LogP contribution in [-0.2, 0) is 12.1 Å². The average Bonchev–Trinajstić information content (AvgIpc) is 3.19. The number of nitrogens with one attached hydrogen (secondary N) is 1. The van der Waals surface area contributed by atoms with Gasteiger partial charge in [0.2, 0.25) is 5.95 Å². The molecule has 4 aromatic rings. The lowest BCUT2D eigenvalue weighted by Gasteiger charge is -2.34. The van der Waals surface area contributed by atoms with Gasteiger partial charge in [0, 0.05) is 43.8 Å². The van der Waals surface area contributed by atoms with E-state index < -0.39 is 5.60 Å². The standard InChI is InChI=1S/C28H32N8O2/c1-28(38)13-4-3-5-14-35-26(37)22-19-29-27(32-25(22)36(35)24-8-6-7-23(28)31-24)30-20-9-11-21(12-10-20)34-17-15-33(2)16-18-34/h3,5-12,19,38H,4,13-18H2,1-2H3,(H,29,30,32)/b5-3-/t28-/m0/s1. The minimum absolute atomic E-state index is 0.189. The van der Waals surface area contributed by atoms with E-state index in [0.717, 1.165) is 31.9 Å². The van der Waals surface area contributed by atoms with E-state index in [1.807, 2.05) is 42.5 Å². The van der Waals surface area contributed by atoms with Crippen molar-refractivity contribution in [2.24, 2.45) is 0 Å². The van der Waals surface area contributed by atoms with Crippen LogP contribution in [0.2, 0.25) is 0 Å². The van der Waals surface area contributed by atoms with Crippen molar-refractivity contribution < 1.29 is 5.11 Å². The van der Waals surface area contributed by atoms with Gasteiger partial charge < -0.3 is 20.2 Å². The van der Waals surface area contributed by atoms with Crippen molar-refractivity contribution in [3.8, 4) is 5.82 Å². The number of rotatable bonds is 3. The Morgan fingerprint density at radius 3 is 2.58 bits per heavy atom. The molecule has 2 aliphatic rings. The number of benzene rings is 1. The quantitative estimate of drug-likeness (QED) is 0.404. The Morgan fingerprint density at radius 2 is 1.79 bits per heavy atom. The summed E-state index contributed by atoms with van der Waals surface area (Å²) in [4.78, 5) is 32.0. The lowest BCUT2D eigenvalue weighted by molar-refractivity contribution is 0.0443. The molecule has 1 aromatic carbocycles. The molecule has 10 nitrogen and oxygen atoms in total. The number of allylic oxidation sites excluding steroid dienone is 2. The van der Waals surface area contributed by atoms with Crippen molar-refractivity contribution in [3.05, 3.63) is 76.9 Å². The molecule has 2 aliphatic heterocycles. The number of pyridine rings is 1. The summed E-state index contributed by atoms with van der Waals surface area (Å²) in [7, 11) is 2.15. The molecule has 5 heterocycles. The van der Waals surface area contributed by atoms with Crippen LogP contribution in [0.1, 0.15) is 25.5 Å². The van der Waals surface area contributed by atoms with Crippen molar-refractivity contribution >= 4 is 28.4 Å². The van der Waals surface area contributed by atoms with Gasteiger partial charge in [-0.25, -0.2) is 19.3 Å². The number of hydrogen-bond donors (Lipinski definition) is 2. The number of anilines is 3. The molecule has 1 saturated heterocycles. The second-order valence-electron chi connectivity index (χ2n) is 10.3.